The predicted molar refractivity (Wildman–Crippen MR) is 138 cm³/mol. The van der Waals surface area contributed by atoms with E-state index in [1.54, 1.807) is 7.05 Å². The maximum Gasteiger partial charge on any atom is 0.237 e. The predicted octanol–water partition coefficient (Wildman–Crippen LogP) is 3.78. The van der Waals surface area contributed by atoms with E-state index in [9.17, 15) is 4.79 Å². The van der Waals surface area contributed by atoms with Crippen LogP contribution in [-0.4, -0.2) is 60.5 Å². The van der Waals surface area contributed by atoms with Gasteiger partial charge in [0, 0.05) is 38.8 Å². The van der Waals surface area contributed by atoms with Gasteiger partial charge in [0.1, 0.15) is 0 Å². The SMILES string of the molecule is CNC(=O)[C@@H]1C[C@H](NC2CCN(Cc3ccccc3)CC2)CN1Cc1cccc2ccccc12. The van der Waals surface area contributed by atoms with E-state index >= 15 is 0 Å². The number of hydrogen-bond donors (Lipinski definition) is 2. The molecule has 1 amide bonds. The number of carbonyl (C=O) groups excluding carboxylic acids is 1. The van der Waals surface area contributed by atoms with Crippen LogP contribution in [0, 0.1) is 0 Å². The first-order chi connectivity index (χ1) is 16.7. The Morgan fingerprint density at radius 2 is 1.62 bits per heavy atom. The number of likely N-dealkylation sites (tertiary alicyclic amines) is 2. The molecule has 178 valence electrons. The Morgan fingerprint density at radius 1 is 0.882 bits per heavy atom. The van der Waals surface area contributed by atoms with Crippen molar-refractivity contribution >= 4 is 16.7 Å². The van der Waals surface area contributed by atoms with Crippen molar-refractivity contribution in [2.75, 3.05) is 26.7 Å². The summed E-state index contributed by atoms with van der Waals surface area (Å²) in [7, 11) is 1.75. The Hall–Kier alpha value is -2.73. The van der Waals surface area contributed by atoms with Gasteiger partial charge in [-0.25, -0.2) is 0 Å². The summed E-state index contributed by atoms with van der Waals surface area (Å²) in [5.41, 5.74) is 2.68. The van der Waals surface area contributed by atoms with Crippen LogP contribution in [-0.2, 0) is 17.9 Å². The fourth-order valence-electron chi connectivity index (χ4n) is 5.72. The average molecular weight is 457 g/mol. The zero-order chi connectivity index (χ0) is 23.3. The van der Waals surface area contributed by atoms with Crippen LogP contribution >= 0.6 is 0 Å². The van der Waals surface area contributed by atoms with E-state index in [2.05, 4.69) is 93.2 Å². The minimum absolute atomic E-state index is 0.0837. The van der Waals surface area contributed by atoms with Crippen LogP contribution in [0.5, 0.6) is 0 Å². The lowest BCUT2D eigenvalue weighted by Crippen LogP contribution is -2.46. The molecule has 0 spiro atoms. The summed E-state index contributed by atoms with van der Waals surface area (Å²) in [5, 5.41) is 9.35. The maximum atomic E-state index is 12.7. The molecular formula is C29H36N4O. The van der Waals surface area contributed by atoms with Gasteiger partial charge in [0.25, 0.3) is 0 Å². The number of nitrogens with one attached hydrogen (secondary N) is 2. The molecule has 2 aliphatic heterocycles. The third-order valence-electron chi connectivity index (χ3n) is 7.51. The summed E-state index contributed by atoms with van der Waals surface area (Å²) >= 11 is 0. The minimum atomic E-state index is -0.0837. The van der Waals surface area contributed by atoms with Crippen LogP contribution in [0.25, 0.3) is 10.8 Å². The number of carbonyl (C=O) groups is 1. The Morgan fingerprint density at radius 3 is 2.41 bits per heavy atom. The van der Waals surface area contributed by atoms with Crippen LogP contribution < -0.4 is 10.6 Å². The molecule has 2 saturated heterocycles. The minimum Gasteiger partial charge on any atom is -0.358 e. The van der Waals surface area contributed by atoms with Gasteiger partial charge >= 0.3 is 0 Å². The second kappa shape index (κ2) is 10.7. The van der Waals surface area contributed by atoms with E-state index in [0.717, 1.165) is 52.0 Å². The standard InChI is InChI=1S/C29H36N4O/c1-30-29(34)28-18-26(21-33(28)20-24-12-7-11-23-10-5-6-13-27(23)24)31-25-14-16-32(17-15-25)19-22-8-3-2-4-9-22/h2-13,25-26,28,31H,14-21H2,1H3,(H,30,34)/t26-,28-/m0/s1. The normalized spacial score (nSPS) is 22.3. The number of hydrogen-bond acceptors (Lipinski definition) is 4. The topological polar surface area (TPSA) is 47.6 Å². The van der Waals surface area contributed by atoms with Crippen molar-refractivity contribution in [2.24, 2.45) is 0 Å². The van der Waals surface area contributed by atoms with Crippen LogP contribution in [0.3, 0.4) is 0 Å². The van der Waals surface area contributed by atoms with Crippen molar-refractivity contribution < 1.29 is 4.79 Å². The van der Waals surface area contributed by atoms with Crippen molar-refractivity contribution in [2.45, 2.75) is 50.5 Å². The number of amides is 1. The van der Waals surface area contributed by atoms with Gasteiger partial charge in [-0.3, -0.25) is 14.6 Å². The molecule has 2 heterocycles. The van der Waals surface area contributed by atoms with E-state index in [1.807, 2.05) is 0 Å². The summed E-state index contributed by atoms with van der Waals surface area (Å²) < 4.78 is 0. The molecule has 2 N–H and O–H groups in total. The fourth-order valence-corrected chi connectivity index (χ4v) is 5.72. The largest absolute Gasteiger partial charge is 0.358 e. The lowest BCUT2D eigenvalue weighted by Gasteiger charge is -2.34. The van der Waals surface area contributed by atoms with Crippen LogP contribution in [0.4, 0.5) is 0 Å². The number of benzene rings is 3. The van der Waals surface area contributed by atoms with E-state index < -0.39 is 0 Å². The molecule has 5 heteroatoms. The number of rotatable bonds is 7. The summed E-state index contributed by atoms with van der Waals surface area (Å²) in [6.45, 7) is 4.99. The maximum absolute atomic E-state index is 12.7. The molecule has 2 aliphatic rings. The van der Waals surface area contributed by atoms with Gasteiger partial charge in [0.05, 0.1) is 6.04 Å². The van der Waals surface area contributed by atoms with Crippen molar-refractivity contribution in [1.82, 2.24) is 20.4 Å². The summed E-state index contributed by atoms with van der Waals surface area (Å²) in [4.78, 5) is 17.7. The highest BCUT2D eigenvalue weighted by molar-refractivity contribution is 5.86. The Bertz CT molecular complexity index is 1090. The van der Waals surface area contributed by atoms with Gasteiger partial charge in [-0.05, 0) is 54.3 Å². The molecule has 3 aromatic rings. The molecule has 5 nitrogen and oxygen atoms in total. The fraction of sp³-hybridized carbons (Fsp3) is 0.414. The van der Waals surface area contributed by atoms with E-state index in [1.165, 1.54) is 21.9 Å². The number of nitrogens with zero attached hydrogens (tertiary/aromatic N) is 2. The van der Waals surface area contributed by atoms with Gasteiger partial charge in [-0.1, -0.05) is 72.8 Å². The second-order valence-corrected chi connectivity index (χ2v) is 9.83. The lowest BCUT2D eigenvalue weighted by molar-refractivity contribution is -0.125. The van der Waals surface area contributed by atoms with Crippen molar-refractivity contribution in [3.8, 4) is 0 Å². The zero-order valence-electron chi connectivity index (χ0n) is 20.1. The molecule has 0 radical (unpaired) electrons. The quantitative estimate of drug-likeness (QED) is 0.568. The first kappa shape index (κ1) is 23.0. The highest BCUT2D eigenvalue weighted by Gasteiger charge is 2.37. The number of fused-ring (bicyclic) bond motifs is 1. The highest BCUT2D eigenvalue weighted by atomic mass is 16.2. The van der Waals surface area contributed by atoms with Gasteiger partial charge in [-0.2, -0.15) is 0 Å². The van der Waals surface area contributed by atoms with Gasteiger partial charge in [0.15, 0.2) is 0 Å². The molecule has 5 rings (SSSR count). The Balaban J connectivity index is 1.20. The highest BCUT2D eigenvalue weighted by Crippen LogP contribution is 2.26. The molecule has 0 aromatic heterocycles. The average Bonchev–Trinajstić information content (AvgIpc) is 3.27. The molecule has 0 unspecified atom stereocenters. The molecule has 34 heavy (non-hydrogen) atoms. The van der Waals surface area contributed by atoms with E-state index in [0.29, 0.717) is 12.1 Å². The Kier molecular flexibility index (Phi) is 7.24. The molecule has 0 bridgehead atoms. The van der Waals surface area contributed by atoms with Crippen molar-refractivity contribution in [3.63, 3.8) is 0 Å². The lowest BCUT2D eigenvalue weighted by atomic mass is 10.0. The van der Waals surface area contributed by atoms with Crippen LogP contribution in [0.2, 0.25) is 0 Å². The van der Waals surface area contributed by atoms with Crippen LogP contribution in [0.1, 0.15) is 30.4 Å². The summed E-state index contributed by atoms with van der Waals surface area (Å²) in [6.07, 6.45) is 3.20. The van der Waals surface area contributed by atoms with Crippen molar-refractivity contribution in [1.29, 1.82) is 0 Å². The number of likely N-dealkylation sites (N-methyl/N-ethyl adjacent to an activating group) is 1. The molecule has 0 saturated carbocycles. The summed E-state index contributed by atoms with van der Waals surface area (Å²) in [5.74, 6) is 0.127. The number of piperidine rings is 1. The van der Waals surface area contributed by atoms with Gasteiger partial charge in [-0.15, -0.1) is 0 Å². The Labute approximate surface area is 203 Å². The van der Waals surface area contributed by atoms with E-state index in [4.69, 9.17) is 0 Å². The zero-order valence-corrected chi connectivity index (χ0v) is 20.1. The van der Waals surface area contributed by atoms with E-state index in [-0.39, 0.29) is 11.9 Å². The molecule has 3 aromatic carbocycles. The monoisotopic (exact) mass is 456 g/mol. The smallest absolute Gasteiger partial charge is 0.237 e. The van der Waals surface area contributed by atoms with Gasteiger partial charge in [0.2, 0.25) is 5.91 Å². The molecule has 0 aliphatic carbocycles. The molecular weight excluding hydrogens is 420 g/mol. The second-order valence-electron chi connectivity index (χ2n) is 9.83. The molecule has 2 fully saturated rings. The third-order valence-corrected chi connectivity index (χ3v) is 7.51. The summed E-state index contributed by atoms with van der Waals surface area (Å²) in [6, 6.07) is 26.6. The molecule has 2 atom stereocenters. The van der Waals surface area contributed by atoms with Gasteiger partial charge < -0.3 is 10.6 Å². The first-order valence-electron chi connectivity index (χ1n) is 12.6. The van der Waals surface area contributed by atoms with Crippen LogP contribution in [0.15, 0.2) is 72.8 Å². The third kappa shape index (κ3) is 5.33. The first-order valence-corrected chi connectivity index (χ1v) is 12.6. The van der Waals surface area contributed by atoms with Crippen molar-refractivity contribution in [3.05, 3.63) is 83.9 Å².